The van der Waals surface area contributed by atoms with Crippen molar-refractivity contribution in [1.29, 1.82) is 0 Å². The molecule has 0 aliphatic rings. The number of nitrogens with zero attached hydrogens (tertiary/aromatic N) is 2. The van der Waals surface area contributed by atoms with E-state index in [9.17, 15) is 0 Å². The molecule has 0 heterocycles. The third kappa shape index (κ3) is 3.07. The summed E-state index contributed by atoms with van der Waals surface area (Å²) in [5.74, 6) is 5.32. The van der Waals surface area contributed by atoms with Crippen molar-refractivity contribution in [3.8, 4) is 0 Å². The molecule has 0 atom stereocenters. The first-order valence-corrected chi connectivity index (χ1v) is 4.97. The Morgan fingerprint density at radius 2 is 0.938 bits per heavy atom. The fourth-order valence-electron chi connectivity index (χ4n) is 1.18. The van der Waals surface area contributed by atoms with Gasteiger partial charge >= 0.3 is 0 Å². The zero-order valence-corrected chi connectivity index (χ0v) is 8.67. The Morgan fingerprint density at radius 1 is 0.562 bits per heavy atom. The lowest BCUT2D eigenvalue weighted by Crippen LogP contribution is -1.64. The molecule has 16 heavy (non-hydrogen) atoms. The summed E-state index contributed by atoms with van der Waals surface area (Å²) < 4.78 is 0. The summed E-state index contributed by atoms with van der Waals surface area (Å²) in [4.78, 5) is 8.13. The minimum absolute atomic E-state index is 0.846. The standard InChI is InChI=1S/C14H10N2/c1-3-7-13(8-4-1)15-11-12-16-14-9-5-2-6-10-14/h1-10H. The molecule has 0 amide bonds. The molecular formula is C14H10N2. The summed E-state index contributed by atoms with van der Waals surface area (Å²) in [6.07, 6.45) is 0. The van der Waals surface area contributed by atoms with Crippen LogP contribution >= 0.6 is 0 Å². The number of aliphatic imine (C=N–C) groups is 2. The lowest BCUT2D eigenvalue weighted by atomic mass is 10.3. The van der Waals surface area contributed by atoms with Gasteiger partial charge in [0.2, 0.25) is 0 Å². The molecule has 0 fully saturated rings. The van der Waals surface area contributed by atoms with Crippen molar-refractivity contribution in [1.82, 2.24) is 0 Å². The average molecular weight is 206 g/mol. The van der Waals surface area contributed by atoms with Crippen LogP contribution < -0.4 is 0 Å². The van der Waals surface area contributed by atoms with Crippen molar-refractivity contribution in [2.24, 2.45) is 9.98 Å². The first-order valence-electron chi connectivity index (χ1n) is 4.97. The molecule has 2 aromatic rings. The van der Waals surface area contributed by atoms with Crippen LogP contribution in [-0.4, -0.2) is 11.7 Å². The summed E-state index contributed by atoms with van der Waals surface area (Å²) in [7, 11) is 0. The molecular weight excluding hydrogens is 196 g/mol. The number of benzene rings is 2. The molecule has 0 aromatic heterocycles. The van der Waals surface area contributed by atoms with Crippen LogP contribution in [0.2, 0.25) is 0 Å². The Kier molecular flexibility index (Phi) is 3.47. The quantitative estimate of drug-likeness (QED) is 0.671. The van der Waals surface area contributed by atoms with Crippen LogP contribution in [0.3, 0.4) is 0 Å². The van der Waals surface area contributed by atoms with E-state index in [4.69, 9.17) is 0 Å². The molecule has 0 aliphatic carbocycles. The van der Waals surface area contributed by atoms with Gasteiger partial charge in [-0.1, -0.05) is 36.4 Å². The molecule has 0 unspecified atom stereocenters. The van der Waals surface area contributed by atoms with E-state index >= 15 is 0 Å². The second kappa shape index (κ2) is 5.47. The minimum Gasteiger partial charge on any atom is -0.196 e. The topological polar surface area (TPSA) is 24.7 Å². The predicted octanol–water partition coefficient (Wildman–Crippen LogP) is 3.55. The van der Waals surface area contributed by atoms with Crippen molar-refractivity contribution < 1.29 is 0 Å². The van der Waals surface area contributed by atoms with Crippen molar-refractivity contribution in [3.05, 3.63) is 60.7 Å². The maximum Gasteiger partial charge on any atom is 0.0737 e. The first-order chi connectivity index (χ1) is 7.95. The van der Waals surface area contributed by atoms with Gasteiger partial charge in [-0.05, 0) is 24.3 Å². The van der Waals surface area contributed by atoms with Crippen LogP contribution in [0.25, 0.3) is 0 Å². The van der Waals surface area contributed by atoms with Gasteiger partial charge in [0, 0.05) is 0 Å². The monoisotopic (exact) mass is 206 g/mol. The van der Waals surface area contributed by atoms with Crippen LogP contribution in [0.4, 0.5) is 11.4 Å². The Bertz CT molecular complexity index is 480. The second-order valence-corrected chi connectivity index (χ2v) is 3.12. The molecule has 2 nitrogen and oxygen atoms in total. The summed E-state index contributed by atoms with van der Waals surface area (Å²) in [6, 6.07) is 19.2. The maximum atomic E-state index is 4.07. The van der Waals surface area contributed by atoms with E-state index in [1.54, 1.807) is 0 Å². The first kappa shape index (κ1) is 10.1. The SMILES string of the molecule is C(=C=Nc1ccccc1)=Nc1ccccc1. The van der Waals surface area contributed by atoms with E-state index in [0.29, 0.717) is 0 Å². The van der Waals surface area contributed by atoms with E-state index in [1.807, 2.05) is 60.7 Å². The summed E-state index contributed by atoms with van der Waals surface area (Å²) in [5.41, 5.74) is 1.69. The third-order valence-electron chi connectivity index (χ3n) is 1.93. The van der Waals surface area contributed by atoms with Crippen molar-refractivity contribution in [2.75, 3.05) is 0 Å². The molecule has 0 radical (unpaired) electrons. The van der Waals surface area contributed by atoms with Gasteiger partial charge in [0.15, 0.2) is 0 Å². The minimum atomic E-state index is 0.846. The van der Waals surface area contributed by atoms with Gasteiger partial charge in [-0.3, -0.25) is 0 Å². The van der Waals surface area contributed by atoms with Gasteiger partial charge in [-0.25, -0.2) is 0 Å². The molecule has 2 aromatic carbocycles. The van der Waals surface area contributed by atoms with Gasteiger partial charge in [-0.15, -0.1) is 0 Å². The Hall–Kier alpha value is -2.40. The van der Waals surface area contributed by atoms with E-state index in [2.05, 4.69) is 21.7 Å². The van der Waals surface area contributed by atoms with Crippen LogP contribution in [0, 0.1) is 0 Å². The van der Waals surface area contributed by atoms with Crippen LogP contribution in [-0.2, 0) is 0 Å². The zero-order valence-electron chi connectivity index (χ0n) is 8.67. The predicted molar refractivity (Wildman–Crippen MR) is 67.1 cm³/mol. The molecule has 0 bridgehead atoms. The highest BCUT2D eigenvalue weighted by molar-refractivity contribution is 5.90. The second-order valence-electron chi connectivity index (χ2n) is 3.12. The van der Waals surface area contributed by atoms with Crippen LogP contribution in [0.1, 0.15) is 0 Å². The van der Waals surface area contributed by atoms with Gasteiger partial charge in [0.25, 0.3) is 0 Å². The number of hydrogen-bond donors (Lipinski definition) is 0. The lowest BCUT2D eigenvalue weighted by molar-refractivity contribution is 1.54. The lowest BCUT2D eigenvalue weighted by Gasteiger charge is -1.85. The Balaban J connectivity index is 2.16. The Labute approximate surface area is 94.3 Å². The maximum absolute atomic E-state index is 4.07. The fourth-order valence-corrected chi connectivity index (χ4v) is 1.18. The fraction of sp³-hybridized carbons (Fsp3) is 0. The normalized spacial score (nSPS) is 8.75. The van der Waals surface area contributed by atoms with E-state index in [-0.39, 0.29) is 0 Å². The van der Waals surface area contributed by atoms with Crippen LogP contribution in [0.5, 0.6) is 0 Å². The molecule has 0 saturated heterocycles. The highest BCUT2D eigenvalue weighted by Gasteiger charge is 1.81. The number of rotatable bonds is 2. The third-order valence-corrected chi connectivity index (χ3v) is 1.93. The average Bonchev–Trinajstić information content (AvgIpc) is 2.37. The highest BCUT2D eigenvalue weighted by Crippen LogP contribution is 2.08. The molecule has 0 aliphatic heterocycles. The van der Waals surface area contributed by atoms with Crippen molar-refractivity contribution in [2.45, 2.75) is 0 Å². The van der Waals surface area contributed by atoms with Gasteiger partial charge in [0.05, 0.1) is 23.1 Å². The van der Waals surface area contributed by atoms with E-state index < -0.39 is 0 Å². The van der Waals surface area contributed by atoms with Crippen LogP contribution in [0.15, 0.2) is 70.6 Å². The molecule has 2 rings (SSSR count). The van der Waals surface area contributed by atoms with Gasteiger partial charge in [-0.2, -0.15) is 9.98 Å². The highest BCUT2D eigenvalue weighted by atomic mass is 14.7. The molecule has 0 saturated carbocycles. The zero-order chi connectivity index (χ0) is 11.1. The van der Waals surface area contributed by atoms with E-state index in [0.717, 1.165) is 11.4 Å². The van der Waals surface area contributed by atoms with E-state index in [1.165, 1.54) is 0 Å². The number of hydrogen-bond acceptors (Lipinski definition) is 2. The molecule has 76 valence electrons. The largest absolute Gasteiger partial charge is 0.196 e. The molecule has 0 N–H and O–H groups in total. The molecule has 2 heteroatoms. The summed E-state index contributed by atoms with van der Waals surface area (Å²) in [6.45, 7) is 0. The number of para-hydroxylation sites is 2. The van der Waals surface area contributed by atoms with Crippen molar-refractivity contribution in [3.63, 3.8) is 0 Å². The summed E-state index contributed by atoms with van der Waals surface area (Å²) in [5, 5.41) is 0. The van der Waals surface area contributed by atoms with Gasteiger partial charge < -0.3 is 0 Å². The van der Waals surface area contributed by atoms with Gasteiger partial charge in [0.1, 0.15) is 0 Å². The summed E-state index contributed by atoms with van der Waals surface area (Å²) >= 11 is 0. The Morgan fingerprint density at radius 3 is 1.31 bits per heavy atom. The molecule has 0 spiro atoms. The smallest absolute Gasteiger partial charge is 0.0737 e. The van der Waals surface area contributed by atoms with Crippen molar-refractivity contribution >= 4 is 23.1 Å².